The van der Waals surface area contributed by atoms with Crippen LogP contribution >= 0.6 is 11.6 Å². The van der Waals surface area contributed by atoms with Crippen LogP contribution < -0.4 is 15.0 Å². The molecule has 1 aromatic heterocycles. The number of halogens is 1. The molecule has 39 heavy (non-hydrogen) atoms. The highest BCUT2D eigenvalue weighted by atomic mass is 35.5. The number of para-hydroxylation sites is 1. The van der Waals surface area contributed by atoms with Crippen molar-refractivity contribution in [3.05, 3.63) is 123 Å². The number of carboxylic acid groups (broad SMARTS) is 1. The van der Waals surface area contributed by atoms with E-state index in [0.717, 1.165) is 5.56 Å². The predicted molar refractivity (Wildman–Crippen MR) is 150 cm³/mol. The molecule has 0 atom stereocenters. The molecule has 9 heteroatoms. The summed E-state index contributed by atoms with van der Waals surface area (Å²) < 4.78 is 12.8. The van der Waals surface area contributed by atoms with Gasteiger partial charge in [0.2, 0.25) is 0 Å². The first-order valence-corrected chi connectivity index (χ1v) is 12.3. The zero-order valence-electron chi connectivity index (χ0n) is 20.7. The summed E-state index contributed by atoms with van der Waals surface area (Å²) >= 11 is 6.35. The monoisotopic (exact) mass is 539 g/mol. The van der Waals surface area contributed by atoms with Gasteiger partial charge in [-0.2, -0.15) is 9.78 Å². The Balaban J connectivity index is 1.59. The van der Waals surface area contributed by atoms with Crippen LogP contribution in [0.3, 0.4) is 0 Å². The molecule has 0 bridgehead atoms. The normalized spacial score (nSPS) is 11.1. The van der Waals surface area contributed by atoms with Crippen LogP contribution in [-0.4, -0.2) is 34.1 Å². The molecule has 1 heterocycles. The van der Waals surface area contributed by atoms with Crippen molar-refractivity contribution in [1.82, 2.24) is 9.66 Å². The fourth-order valence-corrected chi connectivity index (χ4v) is 4.28. The number of carbonyl (C=O) groups is 1. The lowest BCUT2D eigenvalue weighted by Crippen LogP contribution is -2.20. The molecule has 0 saturated carbocycles. The predicted octanol–water partition coefficient (Wildman–Crippen LogP) is 5.88. The lowest BCUT2D eigenvalue weighted by Gasteiger charge is -2.15. The second-order valence-electron chi connectivity index (χ2n) is 8.50. The fourth-order valence-electron chi connectivity index (χ4n) is 4.07. The Hall–Kier alpha value is -4.95. The maximum atomic E-state index is 13.5. The number of rotatable bonds is 8. The first-order chi connectivity index (χ1) is 18.9. The summed E-state index contributed by atoms with van der Waals surface area (Å²) in [4.78, 5) is 29.6. The Bertz CT molecular complexity index is 1770. The molecule has 1 N–H and O–H groups in total. The van der Waals surface area contributed by atoms with Gasteiger partial charge < -0.3 is 14.6 Å². The van der Waals surface area contributed by atoms with E-state index in [1.54, 1.807) is 42.5 Å². The zero-order valence-corrected chi connectivity index (χ0v) is 21.5. The number of methoxy groups -OCH3 is 1. The number of carboxylic acids is 1. The summed E-state index contributed by atoms with van der Waals surface area (Å²) in [6.45, 7) is 0.0622. The topological polar surface area (TPSA) is 103 Å². The van der Waals surface area contributed by atoms with Crippen LogP contribution in [0.4, 0.5) is 0 Å². The molecule has 5 aromatic rings. The van der Waals surface area contributed by atoms with Crippen LogP contribution in [0.5, 0.6) is 11.5 Å². The Morgan fingerprint density at radius 3 is 2.56 bits per heavy atom. The number of fused-ring (bicyclic) bond motifs is 1. The van der Waals surface area contributed by atoms with E-state index in [4.69, 9.17) is 26.1 Å². The maximum absolute atomic E-state index is 13.5. The first kappa shape index (κ1) is 25.7. The largest absolute Gasteiger partial charge is 0.493 e. The SMILES string of the molecule is COc1cc(Cl)cc(C=Nn2c(-c3ccccc3)nc3ccccc3c2=O)c1OCc1cccc(C(=O)O)c1. The number of hydrogen-bond donors (Lipinski definition) is 1. The van der Waals surface area contributed by atoms with E-state index >= 15 is 0 Å². The highest BCUT2D eigenvalue weighted by Gasteiger charge is 2.15. The zero-order chi connectivity index (χ0) is 27.4. The summed E-state index contributed by atoms with van der Waals surface area (Å²) in [5.74, 6) is 0.0231. The van der Waals surface area contributed by atoms with Crippen molar-refractivity contribution >= 4 is 34.7 Å². The molecule has 0 saturated heterocycles. The van der Waals surface area contributed by atoms with E-state index in [0.29, 0.717) is 44.4 Å². The van der Waals surface area contributed by atoms with Crippen LogP contribution in [0, 0.1) is 0 Å². The molecule has 194 valence electrons. The maximum Gasteiger partial charge on any atom is 0.335 e. The first-order valence-electron chi connectivity index (χ1n) is 11.9. The summed E-state index contributed by atoms with van der Waals surface area (Å²) in [7, 11) is 1.48. The highest BCUT2D eigenvalue weighted by Crippen LogP contribution is 2.34. The summed E-state index contributed by atoms with van der Waals surface area (Å²) in [5, 5.41) is 14.6. The van der Waals surface area contributed by atoms with Gasteiger partial charge in [-0.25, -0.2) is 9.78 Å². The second-order valence-corrected chi connectivity index (χ2v) is 8.94. The molecule has 0 amide bonds. The molecule has 4 aromatic carbocycles. The van der Waals surface area contributed by atoms with Gasteiger partial charge in [0.25, 0.3) is 5.56 Å². The molecular formula is C30H22ClN3O5. The third-order valence-electron chi connectivity index (χ3n) is 5.92. The van der Waals surface area contributed by atoms with Crippen molar-refractivity contribution in [1.29, 1.82) is 0 Å². The van der Waals surface area contributed by atoms with Gasteiger partial charge >= 0.3 is 5.97 Å². The van der Waals surface area contributed by atoms with Gasteiger partial charge in [-0.1, -0.05) is 66.2 Å². The average molecular weight is 540 g/mol. The van der Waals surface area contributed by atoms with E-state index < -0.39 is 5.97 Å². The van der Waals surface area contributed by atoms with Crippen molar-refractivity contribution in [3.63, 3.8) is 0 Å². The smallest absolute Gasteiger partial charge is 0.335 e. The molecule has 0 spiro atoms. The fraction of sp³-hybridized carbons (Fsp3) is 0.0667. The Morgan fingerprint density at radius 1 is 1.03 bits per heavy atom. The van der Waals surface area contributed by atoms with Crippen molar-refractivity contribution in [2.45, 2.75) is 6.61 Å². The standard InChI is InChI=1S/C30H22ClN3O5/c1-38-26-16-23(31)15-22(27(26)39-18-19-8-7-11-21(14-19)30(36)37)17-32-34-28(20-9-3-2-4-10-20)33-25-13-6-5-12-24(25)29(34)35/h2-17H,18H2,1H3,(H,36,37). The third kappa shape index (κ3) is 5.51. The van der Waals surface area contributed by atoms with Gasteiger partial charge in [-0.15, -0.1) is 0 Å². The minimum Gasteiger partial charge on any atom is -0.493 e. The number of benzene rings is 4. The quantitative estimate of drug-likeness (QED) is 0.247. The van der Waals surface area contributed by atoms with Crippen LogP contribution in [0.25, 0.3) is 22.3 Å². The number of aromatic nitrogens is 2. The van der Waals surface area contributed by atoms with Crippen molar-refractivity contribution < 1.29 is 19.4 Å². The van der Waals surface area contributed by atoms with E-state index in [2.05, 4.69) is 5.10 Å². The lowest BCUT2D eigenvalue weighted by atomic mass is 10.1. The summed E-state index contributed by atoms with van der Waals surface area (Å²) in [6.07, 6.45) is 1.46. The van der Waals surface area contributed by atoms with Gasteiger partial charge in [0.1, 0.15) is 6.61 Å². The van der Waals surface area contributed by atoms with Gasteiger partial charge in [-0.3, -0.25) is 4.79 Å². The van der Waals surface area contributed by atoms with E-state index in [1.165, 1.54) is 30.1 Å². The molecule has 0 aliphatic rings. The van der Waals surface area contributed by atoms with E-state index in [-0.39, 0.29) is 17.7 Å². The van der Waals surface area contributed by atoms with Crippen LogP contribution in [0.15, 0.2) is 101 Å². The van der Waals surface area contributed by atoms with Crippen LogP contribution in [0.2, 0.25) is 5.02 Å². The Morgan fingerprint density at radius 2 is 1.79 bits per heavy atom. The number of aromatic carboxylic acids is 1. The molecule has 0 radical (unpaired) electrons. The minimum absolute atomic E-state index is 0.0622. The molecule has 0 aliphatic carbocycles. The van der Waals surface area contributed by atoms with Crippen LogP contribution in [-0.2, 0) is 6.61 Å². The molecule has 5 rings (SSSR count). The van der Waals surface area contributed by atoms with Gasteiger partial charge in [0.15, 0.2) is 17.3 Å². The number of ether oxygens (including phenoxy) is 2. The van der Waals surface area contributed by atoms with Crippen molar-refractivity contribution in [3.8, 4) is 22.9 Å². The minimum atomic E-state index is -1.03. The van der Waals surface area contributed by atoms with E-state index in [1.807, 2.05) is 36.4 Å². The van der Waals surface area contributed by atoms with Gasteiger partial charge in [-0.05, 0) is 35.9 Å². The number of nitrogens with zero attached hydrogens (tertiary/aromatic N) is 3. The molecule has 0 fully saturated rings. The molecule has 8 nitrogen and oxygen atoms in total. The molecule has 0 unspecified atom stereocenters. The Labute approximate surface area is 228 Å². The van der Waals surface area contributed by atoms with Crippen LogP contribution in [0.1, 0.15) is 21.5 Å². The van der Waals surface area contributed by atoms with Gasteiger partial charge in [0, 0.05) is 22.2 Å². The summed E-state index contributed by atoms with van der Waals surface area (Å²) in [5.41, 5.74) is 2.19. The van der Waals surface area contributed by atoms with Crippen molar-refractivity contribution in [2.75, 3.05) is 7.11 Å². The average Bonchev–Trinajstić information content (AvgIpc) is 2.96. The van der Waals surface area contributed by atoms with Gasteiger partial charge in [0.05, 0.1) is 29.8 Å². The van der Waals surface area contributed by atoms with Crippen molar-refractivity contribution in [2.24, 2.45) is 5.10 Å². The van der Waals surface area contributed by atoms with E-state index in [9.17, 15) is 14.7 Å². The number of hydrogen-bond acceptors (Lipinski definition) is 6. The summed E-state index contributed by atoms with van der Waals surface area (Å²) in [6, 6.07) is 26.1. The second kappa shape index (κ2) is 11.2. The Kier molecular flexibility index (Phi) is 7.38. The highest BCUT2D eigenvalue weighted by molar-refractivity contribution is 6.31. The third-order valence-corrected chi connectivity index (χ3v) is 6.14. The molecular weight excluding hydrogens is 518 g/mol. The molecule has 0 aliphatic heterocycles. The lowest BCUT2D eigenvalue weighted by molar-refractivity contribution is 0.0696.